The summed E-state index contributed by atoms with van der Waals surface area (Å²) in [4.78, 5) is 23.2. The first-order chi connectivity index (χ1) is 12.8. The summed E-state index contributed by atoms with van der Waals surface area (Å²) in [5.74, 6) is -0.556. The summed E-state index contributed by atoms with van der Waals surface area (Å²) in [6.07, 6.45) is -0.323. The van der Waals surface area contributed by atoms with Gasteiger partial charge in [-0.15, -0.1) is 0 Å². The third-order valence-electron chi connectivity index (χ3n) is 3.54. The highest BCUT2D eigenvalue weighted by atomic mass is 35.5. The normalized spacial score (nSPS) is 11.7. The summed E-state index contributed by atoms with van der Waals surface area (Å²) in [6, 6.07) is 12.7. The van der Waals surface area contributed by atoms with Crippen LogP contribution >= 0.6 is 11.6 Å². The maximum absolute atomic E-state index is 12.2. The van der Waals surface area contributed by atoms with Crippen LogP contribution in [0.4, 0.5) is 0 Å². The summed E-state index contributed by atoms with van der Waals surface area (Å²) < 4.78 is 10.9. The van der Waals surface area contributed by atoms with Crippen LogP contribution in [0.1, 0.15) is 31.9 Å². The van der Waals surface area contributed by atoms with E-state index in [1.54, 1.807) is 48.5 Å². The van der Waals surface area contributed by atoms with Crippen LogP contribution in [0.25, 0.3) is 0 Å². The largest absolute Gasteiger partial charge is 0.550 e. The Morgan fingerprint density at radius 2 is 1.63 bits per heavy atom. The summed E-state index contributed by atoms with van der Waals surface area (Å²) in [5.41, 5.74) is 0.634. The van der Waals surface area contributed by atoms with Crippen molar-refractivity contribution in [2.75, 3.05) is 6.61 Å². The number of carbonyl (C=O) groups excluding carboxylic acids is 2. The summed E-state index contributed by atoms with van der Waals surface area (Å²) in [5, 5.41) is 14.3. The molecule has 0 fully saturated rings. The Balaban J connectivity index is 1.99. The molecule has 2 rings (SSSR count). The molecule has 2 aromatic rings. The van der Waals surface area contributed by atoms with Gasteiger partial charge in [0.2, 0.25) is 0 Å². The van der Waals surface area contributed by atoms with Crippen LogP contribution in [0, 0.1) is 0 Å². The van der Waals surface area contributed by atoms with Crippen molar-refractivity contribution >= 4 is 23.5 Å². The highest BCUT2D eigenvalue weighted by Gasteiger charge is 2.16. The molecule has 0 aliphatic carbocycles. The van der Waals surface area contributed by atoms with Crippen LogP contribution in [-0.2, 0) is 9.59 Å². The van der Waals surface area contributed by atoms with Gasteiger partial charge in [-0.25, -0.2) is 0 Å². The molecule has 0 heterocycles. The number of carboxylic acids is 1. The van der Waals surface area contributed by atoms with Crippen molar-refractivity contribution in [3.05, 3.63) is 59.1 Å². The SMILES string of the molecule is CC(C)Oc1ccc([C@@H](CC(=O)[O-])NC(=O)COc2ccc(Cl)cc2)cc1. The average molecular weight is 391 g/mol. The number of halogens is 1. The number of carbonyl (C=O) groups is 2. The predicted octanol–water partition coefficient (Wildman–Crippen LogP) is 2.50. The molecule has 1 amide bonds. The van der Waals surface area contributed by atoms with Gasteiger partial charge in [0.25, 0.3) is 5.91 Å². The van der Waals surface area contributed by atoms with Crippen LogP contribution in [0.3, 0.4) is 0 Å². The Morgan fingerprint density at radius 1 is 1.04 bits per heavy atom. The molecule has 0 saturated heterocycles. The first-order valence-corrected chi connectivity index (χ1v) is 8.85. The molecule has 0 aliphatic heterocycles. The molecule has 144 valence electrons. The standard InChI is InChI=1S/C20H22ClNO5/c1-13(2)27-17-7-3-14(4-8-17)18(11-20(24)25)22-19(23)12-26-16-9-5-15(21)6-10-16/h3-10,13,18H,11-12H2,1-2H3,(H,22,23)(H,24,25)/p-1/t18-/m1/s1. The van der Waals surface area contributed by atoms with E-state index in [9.17, 15) is 14.7 Å². The molecule has 27 heavy (non-hydrogen) atoms. The molecule has 1 atom stereocenters. The number of amides is 1. The number of rotatable bonds is 9. The van der Waals surface area contributed by atoms with Gasteiger partial charge < -0.3 is 24.7 Å². The minimum Gasteiger partial charge on any atom is -0.550 e. The van der Waals surface area contributed by atoms with Crippen molar-refractivity contribution in [1.82, 2.24) is 5.32 Å². The predicted molar refractivity (Wildman–Crippen MR) is 99.7 cm³/mol. The molecular weight excluding hydrogens is 370 g/mol. The van der Waals surface area contributed by atoms with E-state index >= 15 is 0 Å². The lowest BCUT2D eigenvalue weighted by Crippen LogP contribution is -2.36. The molecule has 1 N–H and O–H groups in total. The van der Waals surface area contributed by atoms with E-state index in [-0.39, 0.29) is 19.1 Å². The molecule has 0 unspecified atom stereocenters. The summed E-state index contributed by atoms with van der Waals surface area (Å²) in [6.45, 7) is 3.57. The van der Waals surface area contributed by atoms with Crippen molar-refractivity contribution in [1.29, 1.82) is 0 Å². The van der Waals surface area contributed by atoms with Gasteiger partial charge in [0.1, 0.15) is 11.5 Å². The molecule has 0 saturated carbocycles. The molecule has 6 nitrogen and oxygen atoms in total. The Hall–Kier alpha value is -2.73. The zero-order valence-electron chi connectivity index (χ0n) is 15.1. The first-order valence-electron chi connectivity index (χ1n) is 8.47. The molecule has 7 heteroatoms. The maximum atomic E-state index is 12.2. The van der Waals surface area contributed by atoms with E-state index < -0.39 is 17.9 Å². The van der Waals surface area contributed by atoms with E-state index in [1.165, 1.54) is 0 Å². The maximum Gasteiger partial charge on any atom is 0.258 e. The van der Waals surface area contributed by atoms with E-state index in [1.807, 2.05) is 13.8 Å². The number of carboxylic acid groups (broad SMARTS) is 1. The van der Waals surface area contributed by atoms with Gasteiger partial charge >= 0.3 is 0 Å². The lowest BCUT2D eigenvalue weighted by molar-refractivity contribution is -0.306. The highest BCUT2D eigenvalue weighted by molar-refractivity contribution is 6.30. The molecule has 0 spiro atoms. The molecular formula is C20H21ClNO5-. The fourth-order valence-corrected chi connectivity index (χ4v) is 2.51. The fraction of sp³-hybridized carbons (Fsp3) is 0.300. The zero-order chi connectivity index (χ0) is 19.8. The third kappa shape index (κ3) is 7.19. The van der Waals surface area contributed by atoms with Crippen molar-refractivity contribution in [3.8, 4) is 11.5 Å². The van der Waals surface area contributed by atoms with E-state index in [0.717, 1.165) is 0 Å². The second kappa shape index (κ2) is 9.83. The average Bonchev–Trinajstić information content (AvgIpc) is 2.60. The molecule has 0 aliphatic rings. The topological polar surface area (TPSA) is 87.7 Å². The van der Waals surface area contributed by atoms with Crippen molar-refractivity contribution in [2.24, 2.45) is 0 Å². The lowest BCUT2D eigenvalue weighted by Gasteiger charge is -2.20. The summed E-state index contributed by atoms with van der Waals surface area (Å²) in [7, 11) is 0. The highest BCUT2D eigenvalue weighted by Crippen LogP contribution is 2.21. The number of aliphatic carboxylic acids is 1. The van der Waals surface area contributed by atoms with Gasteiger partial charge in [0.15, 0.2) is 6.61 Å². The molecule has 0 bridgehead atoms. The van der Waals surface area contributed by atoms with Gasteiger partial charge in [-0.2, -0.15) is 0 Å². The smallest absolute Gasteiger partial charge is 0.258 e. The monoisotopic (exact) mass is 390 g/mol. The minimum absolute atomic E-state index is 0.0274. The van der Waals surface area contributed by atoms with E-state index in [4.69, 9.17) is 21.1 Å². The van der Waals surface area contributed by atoms with Crippen LogP contribution in [0.2, 0.25) is 5.02 Å². The Kier molecular flexibility index (Phi) is 7.49. The number of nitrogens with one attached hydrogen (secondary N) is 1. The Morgan fingerprint density at radius 3 is 2.19 bits per heavy atom. The van der Waals surface area contributed by atoms with Gasteiger partial charge in [-0.1, -0.05) is 23.7 Å². The minimum atomic E-state index is -1.26. The van der Waals surface area contributed by atoms with Gasteiger partial charge in [0.05, 0.1) is 12.1 Å². The second-order valence-corrected chi connectivity index (χ2v) is 6.61. The Labute approximate surface area is 163 Å². The van der Waals surface area contributed by atoms with Gasteiger partial charge in [-0.3, -0.25) is 4.79 Å². The summed E-state index contributed by atoms with van der Waals surface area (Å²) >= 11 is 5.79. The number of hydrogen-bond acceptors (Lipinski definition) is 5. The van der Waals surface area contributed by atoms with Crippen LogP contribution in [-0.4, -0.2) is 24.6 Å². The van der Waals surface area contributed by atoms with E-state index in [2.05, 4.69) is 5.32 Å². The van der Waals surface area contributed by atoms with Crippen molar-refractivity contribution in [3.63, 3.8) is 0 Å². The Bertz CT molecular complexity index is 759. The number of benzene rings is 2. The van der Waals surface area contributed by atoms with E-state index in [0.29, 0.717) is 22.1 Å². The molecule has 0 radical (unpaired) electrons. The van der Waals surface area contributed by atoms with Gasteiger partial charge in [0, 0.05) is 17.4 Å². The van der Waals surface area contributed by atoms with Crippen LogP contribution in [0.15, 0.2) is 48.5 Å². The van der Waals surface area contributed by atoms with Crippen LogP contribution in [0.5, 0.6) is 11.5 Å². The fourth-order valence-electron chi connectivity index (χ4n) is 2.39. The van der Waals surface area contributed by atoms with Crippen molar-refractivity contribution in [2.45, 2.75) is 32.4 Å². The third-order valence-corrected chi connectivity index (χ3v) is 3.80. The van der Waals surface area contributed by atoms with Crippen LogP contribution < -0.4 is 19.9 Å². The van der Waals surface area contributed by atoms with Crippen molar-refractivity contribution < 1.29 is 24.2 Å². The first kappa shape index (κ1) is 20.6. The zero-order valence-corrected chi connectivity index (χ0v) is 15.9. The molecule has 0 aromatic heterocycles. The van der Waals surface area contributed by atoms with Gasteiger partial charge in [-0.05, 0) is 55.8 Å². The quantitative estimate of drug-likeness (QED) is 0.710. The lowest BCUT2D eigenvalue weighted by atomic mass is 10.0. The number of hydrogen-bond donors (Lipinski definition) is 1. The second-order valence-electron chi connectivity index (χ2n) is 6.17. The molecule has 2 aromatic carbocycles. The number of ether oxygens (including phenoxy) is 2.